The van der Waals surface area contributed by atoms with E-state index >= 15 is 0 Å². The normalized spacial score (nSPS) is 16.9. The molecule has 0 radical (unpaired) electrons. The van der Waals surface area contributed by atoms with Gasteiger partial charge in [-0.1, -0.05) is 5.16 Å². The minimum absolute atomic E-state index is 0.200. The van der Waals surface area contributed by atoms with Gasteiger partial charge in [0.15, 0.2) is 5.82 Å². The third kappa shape index (κ3) is 3.68. The molecule has 0 N–H and O–H groups in total. The molecule has 2 heterocycles. The highest BCUT2D eigenvalue weighted by Crippen LogP contribution is 2.32. The van der Waals surface area contributed by atoms with Gasteiger partial charge in [0.25, 0.3) is 5.89 Å². The molecule has 1 aromatic carbocycles. The molecular formula is C16H22N4O4S. The first kappa shape index (κ1) is 17.8. The number of hydrogen-bond acceptors (Lipinski definition) is 7. The van der Waals surface area contributed by atoms with E-state index in [9.17, 15) is 8.42 Å². The van der Waals surface area contributed by atoms with Crippen LogP contribution >= 0.6 is 0 Å². The number of hydrogen-bond donors (Lipinski definition) is 0. The Balaban J connectivity index is 1.99. The van der Waals surface area contributed by atoms with E-state index in [-0.39, 0.29) is 10.8 Å². The van der Waals surface area contributed by atoms with Crippen molar-refractivity contribution in [3.8, 4) is 17.2 Å². The summed E-state index contributed by atoms with van der Waals surface area (Å²) < 4.78 is 38.2. The molecule has 25 heavy (non-hydrogen) atoms. The molecule has 9 heteroatoms. The molecule has 0 amide bonds. The van der Waals surface area contributed by atoms with Crippen LogP contribution < -0.4 is 4.74 Å². The second-order valence-electron chi connectivity index (χ2n) is 5.95. The van der Waals surface area contributed by atoms with Crippen LogP contribution in [0.25, 0.3) is 11.5 Å². The highest BCUT2D eigenvalue weighted by Gasteiger charge is 2.29. The molecular weight excluding hydrogens is 344 g/mol. The SMILES string of the molecule is CCOc1ccc(S(=O)(=O)N2CCN(C)CC2)cc1-c1nc(C)no1. The van der Waals surface area contributed by atoms with Crippen molar-refractivity contribution in [1.82, 2.24) is 19.3 Å². The second-order valence-corrected chi connectivity index (χ2v) is 7.88. The molecule has 0 aliphatic carbocycles. The van der Waals surface area contributed by atoms with Gasteiger partial charge in [-0.3, -0.25) is 0 Å². The lowest BCUT2D eigenvalue weighted by atomic mass is 10.2. The molecule has 0 saturated carbocycles. The lowest BCUT2D eigenvalue weighted by Gasteiger charge is -2.31. The number of rotatable bonds is 5. The fourth-order valence-electron chi connectivity index (χ4n) is 2.70. The summed E-state index contributed by atoms with van der Waals surface area (Å²) in [7, 11) is -1.60. The molecule has 1 saturated heterocycles. The molecule has 0 bridgehead atoms. The summed E-state index contributed by atoms with van der Waals surface area (Å²) in [5, 5.41) is 3.78. The second kappa shape index (κ2) is 7.11. The van der Waals surface area contributed by atoms with E-state index in [0.29, 0.717) is 49.9 Å². The minimum atomic E-state index is -3.58. The van der Waals surface area contributed by atoms with Crippen molar-refractivity contribution in [3.63, 3.8) is 0 Å². The van der Waals surface area contributed by atoms with Crippen LogP contribution in [0.2, 0.25) is 0 Å². The highest BCUT2D eigenvalue weighted by molar-refractivity contribution is 7.89. The van der Waals surface area contributed by atoms with Gasteiger partial charge in [-0.05, 0) is 39.1 Å². The van der Waals surface area contributed by atoms with Crippen LogP contribution in [0.4, 0.5) is 0 Å². The van der Waals surface area contributed by atoms with Crippen LogP contribution in [0.15, 0.2) is 27.6 Å². The average Bonchev–Trinajstić information content (AvgIpc) is 3.02. The Morgan fingerprint density at radius 3 is 2.56 bits per heavy atom. The van der Waals surface area contributed by atoms with Crippen molar-refractivity contribution in [2.45, 2.75) is 18.7 Å². The number of ether oxygens (including phenoxy) is 1. The third-order valence-corrected chi connectivity index (χ3v) is 6.00. The Morgan fingerprint density at radius 1 is 1.24 bits per heavy atom. The summed E-state index contributed by atoms with van der Waals surface area (Å²) >= 11 is 0. The standard InChI is InChI=1S/C16H22N4O4S/c1-4-23-15-6-5-13(11-14(15)16-17-12(2)18-24-16)25(21,22)20-9-7-19(3)8-10-20/h5-6,11H,4,7-10H2,1-3H3. The van der Waals surface area contributed by atoms with Crippen molar-refractivity contribution < 1.29 is 17.7 Å². The van der Waals surface area contributed by atoms with Crippen LogP contribution in [0.3, 0.4) is 0 Å². The lowest BCUT2D eigenvalue weighted by molar-refractivity contribution is 0.222. The largest absolute Gasteiger partial charge is 0.493 e. The Bertz CT molecular complexity index is 842. The molecule has 0 unspecified atom stereocenters. The minimum Gasteiger partial charge on any atom is -0.493 e. The zero-order valence-corrected chi connectivity index (χ0v) is 15.4. The van der Waals surface area contributed by atoms with E-state index in [2.05, 4.69) is 15.0 Å². The van der Waals surface area contributed by atoms with Crippen molar-refractivity contribution in [2.75, 3.05) is 39.8 Å². The van der Waals surface area contributed by atoms with Gasteiger partial charge in [-0.2, -0.15) is 9.29 Å². The maximum Gasteiger partial charge on any atom is 0.261 e. The Labute approximate surface area is 147 Å². The molecule has 136 valence electrons. The van der Waals surface area contributed by atoms with Gasteiger partial charge in [0.05, 0.1) is 17.1 Å². The Hall–Kier alpha value is -1.97. The van der Waals surface area contributed by atoms with Crippen LogP contribution in [0.1, 0.15) is 12.7 Å². The molecule has 0 atom stereocenters. The number of benzene rings is 1. The summed E-state index contributed by atoms with van der Waals surface area (Å²) in [6, 6.07) is 4.75. The Morgan fingerprint density at radius 2 is 1.96 bits per heavy atom. The zero-order chi connectivity index (χ0) is 18.0. The summed E-state index contributed by atoms with van der Waals surface area (Å²) in [5.74, 6) is 1.24. The van der Waals surface area contributed by atoms with Gasteiger partial charge >= 0.3 is 0 Å². The molecule has 1 aromatic heterocycles. The van der Waals surface area contributed by atoms with Gasteiger partial charge in [0.2, 0.25) is 10.0 Å². The van der Waals surface area contributed by atoms with Crippen molar-refractivity contribution in [2.24, 2.45) is 0 Å². The van der Waals surface area contributed by atoms with Crippen LogP contribution in [-0.4, -0.2) is 67.6 Å². The van der Waals surface area contributed by atoms with Gasteiger partial charge in [-0.25, -0.2) is 8.42 Å². The van der Waals surface area contributed by atoms with E-state index in [1.165, 1.54) is 4.31 Å². The molecule has 2 aromatic rings. The number of nitrogens with zero attached hydrogens (tertiary/aromatic N) is 4. The van der Waals surface area contributed by atoms with E-state index in [4.69, 9.17) is 9.26 Å². The van der Waals surface area contributed by atoms with Crippen LogP contribution in [0.5, 0.6) is 5.75 Å². The summed E-state index contributed by atoms with van der Waals surface area (Å²) in [6.45, 7) is 6.39. The van der Waals surface area contributed by atoms with Crippen molar-refractivity contribution in [1.29, 1.82) is 0 Å². The van der Waals surface area contributed by atoms with Crippen molar-refractivity contribution in [3.05, 3.63) is 24.0 Å². The van der Waals surface area contributed by atoms with Crippen LogP contribution in [0, 0.1) is 6.92 Å². The highest BCUT2D eigenvalue weighted by atomic mass is 32.2. The van der Waals surface area contributed by atoms with Crippen LogP contribution in [-0.2, 0) is 10.0 Å². The molecule has 1 aliphatic heterocycles. The van der Waals surface area contributed by atoms with E-state index in [1.54, 1.807) is 25.1 Å². The lowest BCUT2D eigenvalue weighted by Crippen LogP contribution is -2.47. The topological polar surface area (TPSA) is 88.8 Å². The number of sulfonamides is 1. The number of aromatic nitrogens is 2. The van der Waals surface area contributed by atoms with Crippen molar-refractivity contribution >= 4 is 10.0 Å². The first-order valence-corrected chi connectivity index (χ1v) is 9.62. The van der Waals surface area contributed by atoms with Gasteiger partial charge in [0.1, 0.15) is 5.75 Å². The Kier molecular flexibility index (Phi) is 5.07. The number of aryl methyl sites for hydroxylation is 1. The van der Waals surface area contributed by atoms with Gasteiger partial charge in [-0.15, -0.1) is 0 Å². The fourth-order valence-corrected chi connectivity index (χ4v) is 4.15. The number of piperazine rings is 1. The first-order valence-electron chi connectivity index (χ1n) is 8.18. The molecule has 1 fully saturated rings. The molecule has 1 aliphatic rings. The molecule has 8 nitrogen and oxygen atoms in total. The van der Waals surface area contributed by atoms with Gasteiger partial charge in [0, 0.05) is 26.2 Å². The number of likely N-dealkylation sites (N-methyl/N-ethyl adjacent to an activating group) is 1. The monoisotopic (exact) mass is 366 g/mol. The van der Waals surface area contributed by atoms with E-state index < -0.39 is 10.0 Å². The average molecular weight is 366 g/mol. The quantitative estimate of drug-likeness (QED) is 0.790. The van der Waals surface area contributed by atoms with E-state index in [0.717, 1.165) is 0 Å². The maximum absolute atomic E-state index is 13.0. The predicted molar refractivity (Wildman–Crippen MR) is 91.9 cm³/mol. The predicted octanol–water partition coefficient (Wildman–Crippen LogP) is 1.38. The van der Waals surface area contributed by atoms with Gasteiger partial charge < -0.3 is 14.2 Å². The maximum atomic E-state index is 13.0. The smallest absolute Gasteiger partial charge is 0.261 e. The summed E-state index contributed by atoms with van der Waals surface area (Å²) in [5.41, 5.74) is 0.484. The summed E-state index contributed by atoms with van der Waals surface area (Å²) in [6.07, 6.45) is 0. The fraction of sp³-hybridized carbons (Fsp3) is 0.500. The zero-order valence-electron chi connectivity index (χ0n) is 14.6. The van der Waals surface area contributed by atoms with E-state index in [1.807, 2.05) is 14.0 Å². The molecule has 3 rings (SSSR count). The summed E-state index contributed by atoms with van der Waals surface area (Å²) in [4.78, 5) is 6.50. The molecule has 0 spiro atoms. The third-order valence-electron chi connectivity index (χ3n) is 4.11. The first-order chi connectivity index (χ1) is 11.9.